The second-order valence-corrected chi connectivity index (χ2v) is 5.88. The van der Waals surface area contributed by atoms with Gasteiger partial charge in [-0.3, -0.25) is 0 Å². The summed E-state index contributed by atoms with van der Waals surface area (Å²) < 4.78 is 0. The number of rotatable bonds is 4. The fourth-order valence-corrected chi connectivity index (χ4v) is 3.06. The highest BCUT2D eigenvalue weighted by atomic mass is 35.5. The van der Waals surface area contributed by atoms with Crippen LogP contribution < -0.4 is 5.32 Å². The molecule has 0 amide bonds. The van der Waals surface area contributed by atoms with Crippen LogP contribution in [0.3, 0.4) is 0 Å². The predicted molar refractivity (Wildman–Crippen MR) is 86.7 cm³/mol. The van der Waals surface area contributed by atoms with Crippen LogP contribution in [0.1, 0.15) is 10.6 Å². The van der Waals surface area contributed by atoms with Crippen molar-refractivity contribution in [3.63, 3.8) is 0 Å². The third kappa shape index (κ3) is 3.37. The first-order chi connectivity index (χ1) is 10.2. The van der Waals surface area contributed by atoms with E-state index >= 15 is 0 Å². The Morgan fingerprint density at radius 3 is 2.71 bits per heavy atom. The van der Waals surface area contributed by atoms with Crippen LogP contribution in [0.15, 0.2) is 42.6 Å². The van der Waals surface area contributed by atoms with Crippen molar-refractivity contribution in [2.75, 3.05) is 5.32 Å². The van der Waals surface area contributed by atoms with E-state index < -0.39 is 0 Å². The molecular weight excluding hydrogens is 304 g/mol. The summed E-state index contributed by atoms with van der Waals surface area (Å²) in [6.07, 6.45) is 1.63. The van der Waals surface area contributed by atoms with Gasteiger partial charge in [0, 0.05) is 16.6 Å². The molecule has 21 heavy (non-hydrogen) atoms. The summed E-state index contributed by atoms with van der Waals surface area (Å²) in [6, 6.07) is 12.0. The lowest BCUT2D eigenvalue weighted by molar-refractivity contribution is 1.07. The zero-order valence-electron chi connectivity index (χ0n) is 11.4. The van der Waals surface area contributed by atoms with Crippen molar-refractivity contribution >= 4 is 28.8 Å². The molecule has 3 aromatic rings. The van der Waals surface area contributed by atoms with Crippen molar-refractivity contribution < 1.29 is 0 Å². The number of hydrogen-bond donors (Lipinski definition) is 1. The van der Waals surface area contributed by atoms with Gasteiger partial charge < -0.3 is 5.32 Å². The Balaban J connectivity index is 1.76. The van der Waals surface area contributed by atoms with Crippen molar-refractivity contribution in [2.45, 2.75) is 13.5 Å². The highest BCUT2D eigenvalue weighted by Crippen LogP contribution is 2.28. The van der Waals surface area contributed by atoms with Crippen molar-refractivity contribution in [1.82, 2.24) is 15.0 Å². The zero-order valence-corrected chi connectivity index (χ0v) is 12.9. The molecule has 0 aliphatic carbocycles. The van der Waals surface area contributed by atoms with Gasteiger partial charge in [-0.15, -0.1) is 11.3 Å². The van der Waals surface area contributed by atoms with E-state index in [-0.39, 0.29) is 5.28 Å². The van der Waals surface area contributed by atoms with E-state index in [9.17, 15) is 0 Å². The van der Waals surface area contributed by atoms with Gasteiger partial charge in [-0.05, 0) is 24.6 Å². The lowest BCUT2D eigenvalue weighted by atomic mass is 10.2. The van der Waals surface area contributed by atoms with E-state index in [2.05, 4.69) is 32.4 Å². The molecule has 2 aromatic heterocycles. The third-order valence-electron chi connectivity index (χ3n) is 2.97. The molecular formula is C15H13ClN4S. The standard InChI is InChI=1S/C15H13ClN4S/c1-10-12(9-18-13-7-8-17-15(16)20-13)21-14(19-10)11-5-3-2-4-6-11/h2-8H,9H2,1H3,(H,17,18,20). The number of nitrogens with zero attached hydrogens (tertiary/aromatic N) is 3. The van der Waals surface area contributed by atoms with E-state index in [1.54, 1.807) is 23.6 Å². The number of aryl methyl sites for hydroxylation is 1. The SMILES string of the molecule is Cc1nc(-c2ccccc2)sc1CNc1ccnc(Cl)n1. The van der Waals surface area contributed by atoms with Gasteiger partial charge >= 0.3 is 0 Å². The number of aromatic nitrogens is 3. The first-order valence-corrected chi connectivity index (χ1v) is 7.66. The average molecular weight is 317 g/mol. The summed E-state index contributed by atoms with van der Waals surface area (Å²) in [6.45, 7) is 2.69. The highest BCUT2D eigenvalue weighted by Gasteiger charge is 2.09. The molecule has 0 saturated heterocycles. The van der Waals surface area contributed by atoms with Crippen LogP contribution in [-0.2, 0) is 6.54 Å². The molecule has 0 saturated carbocycles. The maximum absolute atomic E-state index is 5.77. The number of hydrogen-bond acceptors (Lipinski definition) is 5. The van der Waals surface area contributed by atoms with E-state index in [4.69, 9.17) is 11.6 Å². The van der Waals surface area contributed by atoms with Crippen LogP contribution in [0.2, 0.25) is 5.28 Å². The molecule has 6 heteroatoms. The van der Waals surface area contributed by atoms with Gasteiger partial charge in [0.2, 0.25) is 5.28 Å². The minimum absolute atomic E-state index is 0.242. The molecule has 0 unspecified atom stereocenters. The molecule has 0 atom stereocenters. The Labute approximate surface area is 131 Å². The quantitative estimate of drug-likeness (QED) is 0.734. The minimum atomic E-state index is 0.242. The molecule has 1 N–H and O–H groups in total. The molecule has 2 heterocycles. The number of thiazole rings is 1. The Bertz CT molecular complexity index is 742. The average Bonchev–Trinajstić information content (AvgIpc) is 2.87. The van der Waals surface area contributed by atoms with Gasteiger partial charge in [-0.1, -0.05) is 30.3 Å². The molecule has 0 aliphatic rings. The lowest BCUT2D eigenvalue weighted by Crippen LogP contribution is -2.01. The van der Waals surface area contributed by atoms with Gasteiger partial charge in [0.15, 0.2) is 0 Å². The van der Waals surface area contributed by atoms with Crippen molar-refractivity contribution in [3.05, 3.63) is 58.4 Å². The van der Waals surface area contributed by atoms with Crippen molar-refractivity contribution in [1.29, 1.82) is 0 Å². The summed E-state index contributed by atoms with van der Waals surface area (Å²) in [4.78, 5) is 13.8. The fraction of sp³-hybridized carbons (Fsp3) is 0.133. The maximum atomic E-state index is 5.77. The van der Waals surface area contributed by atoms with E-state index in [0.29, 0.717) is 12.4 Å². The second-order valence-electron chi connectivity index (χ2n) is 4.46. The van der Waals surface area contributed by atoms with Crippen LogP contribution in [0, 0.1) is 6.92 Å². The number of benzene rings is 1. The van der Waals surface area contributed by atoms with Crippen LogP contribution in [0.25, 0.3) is 10.6 Å². The van der Waals surface area contributed by atoms with E-state index in [0.717, 1.165) is 16.3 Å². The fourth-order valence-electron chi connectivity index (χ4n) is 1.90. The largest absolute Gasteiger partial charge is 0.365 e. The number of halogens is 1. The summed E-state index contributed by atoms with van der Waals surface area (Å²) in [5, 5.41) is 4.52. The van der Waals surface area contributed by atoms with Gasteiger partial charge in [0.05, 0.1) is 12.2 Å². The third-order valence-corrected chi connectivity index (χ3v) is 4.36. The van der Waals surface area contributed by atoms with Crippen LogP contribution in [-0.4, -0.2) is 15.0 Å². The van der Waals surface area contributed by atoms with E-state index in [1.165, 1.54) is 4.88 Å². The first-order valence-electron chi connectivity index (χ1n) is 6.46. The second kappa shape index (κ2) is 6.20. The lowest BCUT2D eigenvalue weighted by Gasteiger charge is -2.03. The summed E-state index contributed by atoms with van der Waals surface area (Å²) in [5.41, 5.74) is 2.17. The predicted octanol–water partition coefficient (Wildman–Crippen LogP) is 4.17. The van der Waals surface area contributed by atoms with Crippen LogP contribution in [0.5, 0.6) is 0 Å². The summed E-state index contributed by atoms with van der Waals surface area (Å²) in [5.74, 6) is 0.712. The normalized spacial score (nSPS) is 10.6. The van der Waals surface area contributed by atoms with E-state index in [1.807, 2.05) is 25.1 Å². The Kier molecular flexibility index (Phi) is 4.13. The summed E-state index contributed by atoms with van der Waals surface area (Å²) >= 11 is 7.46. The van der Waals surface area contributed by atoms with Gasteiger partial charge in [0.1, 0.15) is 10.8 Å². The Morgan fingerprint density at radius 1 is 1.14 bits per heavy atom. The van der Waals surface area contributed by atoms with Gasteiger partial charge in [-0.25, -0.2) is 15.0 Å². The van der Waals surface area contributed by atoms with Gasteiger partial charge in [0.25, 0.3) is 0 Å². The number of anilines is 1. The van der Waals surface area contributed by atoms with Crippen molar-refractivity contribution in [2.24, 2.45) is 0 Å². The number of nitrogens with one attached hydrogen (secondary N) is 1. The van der Waals surface area contributed by atoms with Crippen molar-refractivity contribution in [3.8, 4) is 10.6 Å². The molecule has 0 fully saturated rings. The molecule has 3 rings (SSSR count). The first kappa shape index (κ1) is 14.0. The Morgan fingerprint density at radius 2 is 1.95 bits per heavy atom. The van der Waals surface area contributed by atoms with Gasteiger partial charge in [-0.2, -0.15) is 0 Å². The zero-order chi connectivity index (χ0) is 14.7. The topological polar surface area (TPSA) is 50.7 Å². The summed E-state index contributed by atoms with van der Waals surface area (Å²) in [7, 11) is 0. The molecule has 4 nitrogen and oxygen atoms in total. The molecule has 0 aliphatic heterocycles. The Hall–Kier alpha value is -1.98. The van der Waals surface area contributed by atoms with Crippen LogP contribution >= 0.6 is 22.9 Å². The molecule has 106 valence electrons. The molecule has 0 spiro atoms. The maximum Gasteiger partial charge on any atom is 0.224 e. The molecule has 1 aromatic carbocycles. The monoisotopic (exact) mass is 316 g/mol. The highest BCUT2D eigenvalue weighted by molar-refractivity contribution is 7.15. The molecule has 0 bridgehead atoms. The van der Waals surface area contributed by atoms with Crippen LogP contribution in [0.4, 0.5) is 5.82 Å². The smallest absolute Gasteiger partial charge is 0.224 e. The minimum Gasteiger partial charge on any atom is -0.365 e. The molecule has 0 radical (unpaired) electrons.